The highest BCUT2D eigenvalue weighted by Gasteiger charge is 2.57. The first-order chi connectivity index (χ1) is 25.4. The first-order valence-corrected chi connectivity index (χ1v) is 19.9. The first kappa shape index (κ1) is 39.6. The van der Waals surface area contributed by atoms with Gasteiger partial charge in [0.2, 0.25) is 0 Å². The topological polar surface area (TPSA) is 180 Å². The van der Waals surface area contributed by atoms with Crippen molar-refractivity contribution in [3.63, 3.8) is 0 Å². The largest absolute Gasteiger partial charge is 0.394 e. The molecule has 13 heteroatoms. The zero-order valence-electron chi connectivity index (χ0n) is 31.2. The highest BCUT2D eigenvalue weighted by Crippen LogP contribution is 2.43. The number of ether oxygens (including phenoxy) is 7. The molecule has 7 heterocycles. The van der Waals surface area contributed by atoms with Crippen LogP contribution in [0.15, 0.2) is 24.3 Å². The van der Waals surface area contributed by atoms with Crippen molar-refractivity contribution in [2.24, 2.45) is 11.8 Å². The van der Waals surface area contributed by atoms with Crippen LogP contribution in [-0.2, 0) is 42.7 Å². The van der Waals surface area contributed by atoms with Gasteiger partial charge < -0.3 is 53.6 Å². The Morgan fingerprint density at radius 1 is 0.736 bits per heavy atom. The van der Waals surface area contributed by atoms with Crippen LogP contribution < -0.4 is 0 Å². The fourth-order valence-electron chi connectivity index (χ4n) is 10.1. The molecule has 7 rings (SSSR count). The lowest BCUT2D eigenvalue weighted by atomic mass is 9.81. The van der Waals surface area contributed by atoms with Crippen molar-refractivity contribution in [1.29, 1.82) is 0 Å². The van der Waals surface area contributed by atoms with Crippen molar-refractivity contribution >= 4 is 11.6 Å². The SMILES string of the molecule is C=C1C[C@@H]2CCC(=O)CC3O[C@H]4[C@@H](O)[C@H]5O[C@H](CC[C@@H]5O[C@H]4[C@H]3O)CC(=O)C[C@@H]3[C@@H](OC)[C@@H](CC(O)CO)O[C@H]3C[C@H]3O[C@@H](CC[C@@H]1O2)C[C@@H](C)C3=C. The number of aliphatic hydroxyl groups is 4. The van der Waals surface area contributed by atoms with Gasteiger partial charge in [0.05, 0.1) is 73.8 Å². The molecular weight excluding hydrogens is 688 g/mol. The van der Waals surface area contributed by atoms with Crippen LogP contribution >= 0.6 is 0 Å². The third-order valence-corrected chi connectivity index (χ3v) is 13.1. The lowest BCUT2D eigenvalue weighted by molar-refractivity contribution is -0.259. The smallest absolute Gasteiger partial charge is 0.135 e. The molecule has 0 saturated carbocycles. The van der Waals surface area contributed by atoms with Gasteiger partial charge in [-0.05, 0) is 62.0 Å². The zero-order valence-corrected chi connectivity index (χ0v) is 31.2. The fraction of sp³-hybridized carbons (Fsp3) is 0.850. The van der Waals surface area contributed by atoms with Gasteiger partial charge in [-0.3, -0.25) is 9.59 Å². The molecule has 7 saturated heterocycles. The Labute approximate surface area is 312 Å². The number of hydrogen-bond donors (Lipinski definition) is 4. The summed E-state index contributed by atoms with van der Waals surface area (Å²) in [4.78, 5) is 27.0. The van der Waals surface area contributed by atoms with Gasteiger partial charge in [-0.1, -0.05) is 20.1 Å². The molecule has 13 nitrogen and oxygen atoms in total. The Morgan fingerprint density at radius 2 is 1.45 bits per heavy atom. The van der Waals surface area contributed by atoms with E-state index in [9.17, 15) is 30.0 Å². The third kappa shape index (κ3) is 8.56. The summed E-state index contributed by atoms with van der Waals surface area (Å²) in [7, 11) is 1.58. The van der Waals surface area contributed by atoms with E-state index in [4.69, 9.17) is 33.2 Å². The number of fused-ring (bicyclic) bond motifs is 7. The Balaban J connectivity index is 1.11. The Hall–Kier alpha value is -1.62. The van der Waals surface area contributed by atoms with Crippen LogP contribution in [0.1, 0.15) is 90.4 Å². The van der Waals surface area contributed by atoms with E-state index >= 15 is 0 Å². The predicted molar refractivity (Wildman–Crippen MR) is 189 cm³/mol. The first-order valence-electron chi connectivity index (χ1n) is 19.9. The van der Waals surface area contributed by atoms with Gasteiger partial charge in [-0.25, -0.2) is 0 Å². The van der Waals surface area contributed by atoms with Gasteiger partial charge in [0.1, 0.15) is 42.1 Å². The van der Waals surface area contributed by atoms with Gasteiger partial charge >= 0.3 is 0 Å². The number of carbonyl (C=O) groups excluding carboxylic acids is 2. The summed E-state index contributed by atoms with van der Waals surface area (Å²) in [5.41, 5.74) is 2.00. The minimum Gasteiger partial charge on any atom is -0.394 e. The molecule has 0 aromatic rings. The average molecular weight is 749 g/mol. The number of Topliss-reactive ketones (excluding diaryl/α,β-unsaturated/α-hetero) is 2. The van der Waals surface area contributed by atoms with E-state index in [1.165, 1.54) is 0 Å². The second kappa shape index (κ2) is 16.9. The molecule has 7 aliphatic rings. The van der Waals surface area contributed by atoms with Crippen molar-refractivity contribution in [3.8, 4) is 0 Å². The number of carbonyl (C=O) groups is 2. The molecular formula is C40H60O13. The van der Waals surface area contributed by atoms with Gasteiger partial charge in [0, 0.05) is 51.6 Å². The van der Waals surface area contributed by atoms with Gasteiger partial charge in [0.15, 0.2) is 0 Å². The second-order valence-corrected chi connectivity index (χ2v) is 16.8. The fourth-order valence-corrected chi connectivity index (χ4v) is 10.1. The van der Waals surface area contributed by atoms with Crippen LogP contribution in [0.5, 0.6) is 0 Å². The molecule has 18 atom stereocenters. The van der Waals surface area contributed by atoms with Gasteiger partial charge in [-0.15, -0.1) is 0 Å². The van der Waals surface area contributed by atoms with Crippen molar-refractivity contribution in [2.45, 2.75) is 188 Å². The van der Waals surface area contributed by atoms with Crippen LogP contribution in [0.25, 0.3) is 0 Å². The molecule has 0 amide bonds. The number of methoxy groups -OCH3 is 1. The van der Waals surface area contributed by atoms with Crippen LogP contribution in [0.2, 0.25) is 0 Å². The molecule has 7 fully saturated rings. The minimum atomic E-state index is -1.10. The molecule has 8 bridgehead atoms. The third-order valence-electron chi connectivity index (χ3n) is 13.1. The zero-order chi connectivity index (χ0) is 37.6. The maximum absolute atomic E-state index is 13.9. The second-order valence-electron chi connectivity index (χ2n) is 16.8. The molecule has 4 N–H and O–H groups in total. The van der Waals surface area contributed by atoms with E-state index in [1.807, 2.05) is 0 Å². The minimum absolute atomic E-state index is 0.00643. The molecule has 0 spiro atoms. The monoisotopic (exact) mass is 748 g/mol. The van der Waals surface area contributed by atoms with E-state index < -0.39 is 79.9 Å². The van der Waals surface area contributed by atoms with Crippen molar-refractivity contribution in [3.05, 3.63) is 24.3 Å². The molecule has 0 radical (unpaired) electrons. The normalized spacial score (nSPS) is 47.7. The van der Waals surface area contributed by atoms with Crippen LogP contribution in [0, 0.1) is 11.8 Å². The number of aliphatic hydroxyl groups excluding tert-OH is 4. The molecule has 0 aromatic carbocycles. The summed E-state index contributed by atoms with van der Waals surface area (Å²) in [5, 5.41) is 42.6. The Bertz CT molecular complexity index is 1340. The van der Waals surface area contributed by atoms with Crippen molar-refractivity contribution < 1.29 is 63.2 Å². The van der Waals surface area contributed by atoms with Gasteiger partial charge in [-0.2, -0.15) is 0 Å². The van der Waals surface area contributed by atoms with Crippen LogP contribution in [0.4, 0.5) is 0 Å². The van der Waals surface area contributed by atoms with Crippen LogP contribution in [-0.4, -0.2) is 143 Å². The molecule has 2 unspecified atom stereocenters. The molecule has 298 valence electrons. The highest BCUT2D eigenvalue weighted by atomic mass is 16.6. The van der Waals surface area contributed by atoms with E-state index in [0.717, 1.165) is 30.4 Å². The molecule has 0 aromatic heterocycles. The summed E-state index contributed by atoms with van der Waals surface area (Å²) < 4.78 is 44.3. The summed E-state index contributed by atoms with van der Waals surface area (Å²) in [6.07, 6.45) is -3.55. The van der Waals surface area contributed by atoms with Crippen LogP contribution in [0.3, 0.4) is 0 Å². The molecule has 7 aliphatic heterocycles. The number of hydrogen-bond acceptors (Lipinski definition) is 13. The van der Waals surface area contributed by atoms with E-state index in [2.05, 4.69) is 20.1 Å². The lowest BCUT2D eigenvalue weighted by Gasteiger charge is -2.46. The summed E-state index contributed by atoms with van der Waals surface area (Å²) in [6, 6.07) is 0. The molecule has 0 aliphatic carbocycles. The Morgan fingerprint density at radius 3 is 2.23 bits per heavy atom. The highest BCUT2D eigenvalue weighted by molar-refractivity contribution is 5.79. The Kier molecular flexibility index (Phi) is 12.6. The standard InChI is InChI=1S/C40H60O13/c1-19-11-26-7-9-29-20(2)12-25(48-29)6-5-22(42)15-33-35(45)39-40(53-33)36(46)38-30(52-39)10-8-27(50-38)13-23(43)14-28-32(17-31(49-26)21(19)3)51-34(37(28)47-4)16-24(44)18-41/h19,24-41,44-46H,2-3,5-18H2,1,4H3/t19-,24?,25+,26+,27-,28+,29+,30+,31-,32+,33?,34-,35+,36+,37-,38+,39+,40+/m1/s1. The number of ketones is 2. The van der Waals surface area contributed by atoms with Crippen molar-refractivity contribution in [2.75, 3.05) is 13.7 Å². The summed E-state index contributed by atoms with van der Waals surface area (Å²) >= 11 is 0. The maximum atomic E-state index is 13.9. The predicted octanol–water partition coefficient (Wildman–Crippen LogP) is 2.27. The van der Waals surface area contributed by atoms with Gasteiger partial charge in [0.25, 0.3) is 0 Å². The summed E-state index contributed by atoms with van der Waals surface area (Å²) in [6.45, 7) is 10.4. The average Bonchev–Trinajstić information content (AvgIpc) is 3.76. The quantitative estimate of drug-likeness (QED) is 0.308. The van der Waals surface area contributed by atoms with E-state index in [-0.39, 0.29) is 79.9 Å². The number of rotatable bonds is 4. The van der Waals surface area contributed by atoms with Crippen molar-refractivity contribution in [1.82, 2.24) is 0 Å². The molecule has 53 heavy (non-hydrogen) atoms. The maximum Gasteiger partial charge on any atom is 0.135 e. The van der Waals surface area contributed by atoms with E-state index in [1.54, 1.807) is 7.11 Å². The lowest BCUT2D eigenvalue weighted by Crippen LogP contribution is -2.61. The summed E-state index contributed by atoms with van der Waals surface area (Å²) in [5.74, 6) is -0.221. The van der Waals surface area contributed by atoms with E-state index in [0.29, 0.717) is 32.1 Å².